The van der Waals surface area contributed by atoms with Crippen molar-refractivity contribution in [2.75, 3.05) is 0 Å². The third-order valence-electron chi connectivity index (χ3n) is 10.1. The molecule has 0 unspecified atom stereocenters. The molecule has 2 aromatic carbocycles. The summed E-state index contributed by atoms with van der Waals surface area (Å²) in [5.41, 5.74) is 5.23. The maximum atomic E-state index is 15.2. The lowest BCUT2D eigenvalue weighted by Crippen LogP contribution is -2.15. The normalized spacial score (nSPS) is 31.7. The van der Waals surface area contributed by atoms with E-state index in [4.69, 9.17) is 0 Å². The van der Waals surface area contributed by atoms with Crippen molar-refractivity contribution >= 4 is 0 Å². The molecule has 3 aliphatic carbocycles. The summed E-state index contributed by atoms with van der Waals surface area (Å²) in [6.45, 7) is 6.29. The molecule has 0 bridgehead atoms. The maximum absolute atomic E-state index is 15.2. The van der Waals surface area contributed by atoms with Crippen LogP contribution in [0.5, 0.6) is 0 Å². The molecule has 1 heteroatoms. The molecule has 3 fully saturated rings. The average molecular weight is 473 g/mol. The van der Waals surface area contributed by atoms with Gasteiger partial charge in [0, 0.05) is 0 Å². The number of rotatable bonds is 6. The van der Waals surface area contributed by atoms with Gasteiger partial charge in [0.05, 0.1) is 0 Å². The van der Waals surface area contributed by atoms with Crippen molar-refractivity contribution in [2.24, 2.45) is 11.8 Å². The first kappa shape index (κ1) is 24.8. The molecule has 0 atom stereocenters. The molecule has 0 spiro atoms. The van der Waals surface area contributed by atoms with Crippen molar-refractivity contribution in [1.29, 1.82) is 0 Å². The van der Waals surface area contributed by atoms with Crippen LogP contribution in [-0.2, 0) is 0 Å². The predicted octanol–water partition coefficient (Wildman–Crippen LogP) is 10.4. The largest absolute Gasteiger partial charge is 0.207 e. The maximum Gasteiger partial charge on any atom is 0.126 e. The van der Waals surface area contributed by atoms with Crippen molar-refractivity contribution in [2.45, 2.75) is 114 Å². The van der Waals surface area contributed by atoms with Crippen LogP contribution in [0.1, 0.15) is 136 Å². The Labute approximate surface area is 213 Å². The smallest absolute Gasteiger partial charge is 0.126 e. The monoisotopic (exact) mass is 472 g/mol. The Kier molecular flexibility index (Phi) is 8.11. The molecular formula is C34H45F. The zero-order chi connectivity index (χ0) is 24.2. The zero-order valence-electron chi connectivity index (χ0n) is 21.9. The van der Waals surface area contributed by atoms with Crippen LogP contribution in [0, 0.1) is 17.7 Å². The molecule has 5 rings (SSSR count). The molecule has 0 saturated heterocycles. The highest BCUT2D eigenvalue weighted by molar-refractivity contribution is 5.32. The summed E-state index contributed by atoms with van der Waals surface area (Å²) in [4.78, 5) is 0. The summed E-state index contributed by atoms with van der Waals surface area (Å²) in [6.07, 6.45) is 18.3. The van der Waals surface area contributed by atoms with E-state index < -0.39 is 0 Å². The molecule has 0 heterocycles. The van der Waals surface area contributed by atoms with Crippen LogP contribution in [0.4, 0.5) is 4.39 Å². The SMILES string of the molecule is C=CC1CCC(c2ccc(C3CCC(c4ccc(C5CCC(CC)CC5)cc4)CC3)c(F)c2)CC1. The van der Waals surface area contributed by atoms with Gasteiger partial charge in [-0.05, 0) is 141 Å². The molecule has 0 aromatic heterocycles. The van der Waals surface area contributed by atoms with Gasteiger partial charge in [-0.15, -0.1) is 6.58 Å². The van der Waals surface area contributed by atoms with Crippen molar-refractivity contribution in [1.82, 2.24) is 0 Å². The average Bonchev–Trinajstić information content (AvgIpc) is 2.93. The Morgan fingerprint density at radius 1 is 0.657 bits per heavy atom. The molecule has 3 aliphatic rings. The standard InChI is InChI=1S/C34H45F/c1-3-24-5-9-26(10-6-24)27-13-15-28(16-14-27)29-17-19-31(20-18-29)33-22-21-32(23-34(33)35)30-11-7-25(4-2)8-12-30/h4,13-16,21-26,29-31H,2-3,5-12,17-20H2,1H3. The van der Waals surface area contributed by atoms with Gasteiger partial charge < -0.3 is 0 Å². The Morgan fingerprint density at radius 3 is 1.63 bits per heavy atom. The van der Waals surface area contributed by atoms with E-state index in [0.717, 1.165) is 30.2 Å². The molecule has 0 nitrogen and oxygen atoms in total. The fourth-order valence-corrected chi connectivity index (χ4v) is 7.50. The fourth-order valence-electron chi connectivity index (χ4n) is 7.50. The molecule has 188 valence electrons. The van der Waals surface area contributed by atoms with Crippen LogP contribution in [-0.4, -0.2) is 0 Å². The lowest BCUT2D eigenvalue weighted by Gasteiger charge is -2.31. The van der Waals surface area contributed by atoms with Crippen LogP contribution in [0.15, 0.2) is 55.1 Å². The minimum absolute atomic E-state index is 0.0407. The molecule has 0 amide bonds. The summed E-state index contributed by atoms with van der Waals surface area (Å²) in [5.74, 6) is 3.96. The second-order valence-electron chi connectivity index (χ2n) is 12.0. The highest BCUT2D eigenvalue weighted by Crippen LogP contribution is 2.43. The van der Waals surface area contributed by atoms with Gasteiger partial charge >= 0.3 is 0 Å². The Bertz CT molecular complexity index is 949. The van der Waals surface area contributed by atoms with Gasteiger partial charge in [-0.1, -0.05) is 55.8 Å². The lowest BCUT2D eigenvalue weighted by atomic mass is 9.74. The van der Waals surface area contributed by atoms with Gasteiger partial charge in [0.2, 0.25) is 0 Å². The van der Waals surface area contributed by atoms with E-state index in [2.05, 4.69) is 56.0 Å². The zero-order valence-corrected chi connectivity index (χ0v) is 21.9. The number of hydrogen-bond acceptors (Lipinski definition) is 0. The second kappa shape index (κ2) is 11.4. The fraction of sp³-hybridized carbons (Fsp3) is 0.588. The molecule has 3 saturated carbocycles. The third kappa shape index (κ3) is 5.76. The van der Waals surface area contributed by atoms with E-state index in [9.17, 15) is 0 Å². The van der Waals surface area contributed by atoms with Crippen LogP contribution >= 0.6 is 0 Å². The van der Waals surface area contributed by atoms with Gasteiger partial charge in [-0.3, -0.25) is 0 Å². The summed E-state index contributed by atoms with van der Waals surface area (Å²) in [7, 11) is 0. The lowest BCUT2D eigenvalue weighted by molar-refractivity contribution is 0.318. The molecule has 0 aliphatic heterocycles. The summed E-state index contributed by atoms with van der Waals surface area (Å²) < 4.78 is 15.2. The Hall–Kier alpha value is -1.89. The topological polar surface area (TPSA) is 0 Å². The number of benzene rings is 2. The van der Waals surface area contributed by atoms with Crippen molar-refractivity contribution < 1.29 is 4.39 Å². The van der Waals surface area contributed by atoms with Gasteiger partial charge in [-0.2, -0.15) is 0 Å². The van der Waals surface area contributed by atoms with E-state index in [0.29, 0.717) is 23.7 Å². The molecule has 0 N–H and O–H groups in total. The molecule has 0 radical (unpaired) electrons. The summed E-state index contributed by atoms with van der Waals surface area (Å²) in [5, 5.41) is 0. The minimum atomic E-state index is 0.0407. The van der Waals surface area contributed by atoms with Crippen LogP contribution in [0.2, 0.25) is 0 Å². The number of allylic oxidation sites excluding steroid dienone is 1. The van der Waals surface area contributed by atoms with E-state index in [1.54, 1.807) is 5.56 Å². The number of hydrogen-bond donors (Lipinski definition) is 0. The Balaban J connectivity index is 1.15. The summed E-state index contributed by atoms with van der Waals surface area (Å²) >= 11 is 0. The van der Waals surface area contributed by atoms with Gasteiger partial charge in [0.1, 0.15) is 5.82 Å². The first-order valence-electron chi connectivity index (χ1n) is 14.7. The highest BCUT2D eigenvalue weighted by Gasteiger charge is 2.27. The highest BCUT2D eigenvalue weighted by atomic mass is 19.1. The van der Waals surface area contributed by atoms with E-state index in [1.165, 1.54) is 81.8 Å². The summed E-state index contributed by atoms with van der Waals surface area (Å²) in [6, 6.07) is 15.9. The molecule has 35 heavy (non-hydrogen) atoms. The Morgan fingerprint density at radius 2 is 1.11 bits per heavy atom. The minimum Gasteiger partial charge on any atom is -0.207 e. The van der Waals surface area contributed by atoms with Crippen molar-refractivity contribution in [3.05, 3.63) is 83.2 Å². The molecular weight excluding hydrogens is 427 g/mol. The van der Waals surface area contributed by atoms with Gasteiger partial charge in [-0.25, -0.2) is 4.39 Å². The van der Waals surface area contributed by atoms with E-state index in [1.807, 2.05) is 6.07 Å². The van der Waals surface area contributed by atoms with Crippen LogP contribution in [0.25, 0.3) is 0 Å². The van der Waals surface area contributed by atoms with Crippen molar-refractivity contribution in [3.8, 4) is 0 Å². The molecule has 2 aromatic rings. The quantitative estimate of drug-likeness (QED) is 0.367. The first-order chi connectivity index (χ1) is 17.1. The van der Waals surface area contributed by atoms with Crippen molar-refractivity contribution in [3.63, 3.8) is 0 Å². The van der Waals surface area contributed by atoms with Gasteiger partial charge in [0.25, 0.3) is 0 Å². The third-order valence-corrected chi connectivity index (χ3v) is 10.1. The van der Waals surface area contributed by atoms with Gasteiger partial charge in [0.15, 0.2) is 0 Å². The van der Waals surface area contributed by atoms with E-state index >= 15 is 4.39 Å². The first-order valence-corrected chi connectivity index (χ1v) is 14.7. The number of halogens is 1. The van der Waals surface area contributed by atoms with Crippen LogP contribution < -0.4 is 0 Å². The van der Waals surface area contributed by atoms with E-state index in [-0.39, 0.29) is 5.82 Å². The second-order valence-corrected chi connectivity index (χ2v) is 12.0. The van der Waals surface area contributed by atoms with Crippen LogP contribution in [0.3, 0.4) is 0 Å². The predicted molar refractivity (Wildman–Crippen MR) is 147 cm³/mol.